The monoisotopic (exact) mass is 286 g/mol. The molecule has 1 N–H and O–H groups in total. The largest absolute Gasteiger partial charge is 0.346 e. The van der Waals surface area contributed by atoms with E-state index in [4.69, 9.17) is 0 Å². The van der Waals surface area contributed by atoms with Crippen molar-refractivity contribution in [2.45, 2.75) is 53.5 Å². The van der Waals surface area contributed by atoms with Crippen LogP contribution in [0.4, 0.5) is 0 Å². The van der Waals surface area contributed by atoms with Crippen LogP contribution in [-0.4, -0.2) is 25.3 Å². The Kier molecular flexibility index (Phi) is 5.62. The molecule has 0 spiro atoms. The van der Waals surface area contributed by atoms with Crippen molar-refractivity contribution >= 4 is 10.0 Å². The maximum absolute atomic E-state index is 11.6. The maximum atomic E-state index is 11.6. The molecule has 0 saturated heterocycles. The molecule has 1 aromatic heterocycles. The van der Waals surface area contributed by atoms with E-state index < -0.39 is 10.0 Å². The smallest absolute Gasteiger partial charge is 0.211 e. The Hall–Kier alpha value is -0.810. The highest BCUT2D eigenvalue weighted by atomic mass is 32.2. The minimum absolute atomic E-state index is 0.206. The molecule has 5 heteroatoms. The summed E-state index contributed by atoms with van der Waals surface area (Å²) in [5.74, 6) is 0.206. The van der Waals surface area contributed by atoms with Crippen molar-refractivity contribution in [3.63, 3.8) is 0 Å². The number of aryl methyl sites for hydroxylation is 1. The number of hydrogen-bond donors (Lipinski definition) is 1. The highest BCUT2D eigenvalue weighted by Gasteiger charge is 2.12. The molecule has 0 aliphatic rings. The maximum Gasteiger partial charge on any atom is 0.211 e. The number of rotatable bonds is 7. The van der Waals surface area contributed by atoms with Crippen LogP contribution in [0, 0.1) is 13.8 Å². The van der Waals surface area contributed by atoms with Gasteiger partial charge < -0.3 is 4.57 Å². The van der Waals surface area contributed by atoms with Crippen molar-refractivity contribution < 1.29 is 8.42 Å². The highest BCUT2D eigenvalue weighted by molar-refractivity contribution is 7.89. The zero-order valence-electron chi connectivity index (χ0n) is 12.7. The molecule has 1 heterocycles. The second-order valence-electron chi connectivity index (χ2n) is 5.32. The Morgan fingerprint density at radius 3 is 2.42 bits per heavy atom. The molecule has 110 valence electrons. The van der Waals surface area contributed by atoms with Crippen LogP contribution in [0.3, 0.4) is 0 Å². The Morgan fingerprint density at radius 1 is 1.32 bits per heavy atom. The van der Waals surface area contributed by atoms with Gasteiger partial charge in [0.15, 0.2) is 0 Å². The summed E-state index contributed by atoms with van der Waals surface area (Å²) in [6.45, 7) is 10.9. The summed E-state index contributed by atoms with van der Waals surface area (Å²) in [7, 11) is -3.09. The third kappa shape index (κ3) is 4.35. The van der Waals surface area contributed by atoms with E-state index in [-0.39, 0.29) is 5.75 Å². The first kappa shape index (κ1) is 16.2. The molecule has 0 atom stereocenters. The first-order valence-electron chi connectivity index (χ1n) is 6.93. The van der Waals surface area contributed by atoms with Crippen molar-refractivity contribution in [3.05, 3.63) is 23.0 Å². The third-order valence-electron chi connectivity index (χ3n) is 3.29. The van der Waals surface area contributed by atoms with E-state index in [1.54, 1.807) is 0 Å². The van der Waals surface area contributed by atoms with Crippen LogP contribution < -0.4 is 4.72 Å². The second-order valence-corrected chi connectivity index (χ2v) is 7.25. The van der Waals surface area contributed by atoms with Crippen molar-refractivity contribution in [2.75, 3.05) is 12.3 Å². The number of nitrogens with one attached hydrogen (secondary N) is 1. The average molecular weight is 286 g/mol. The van der Waals surface area contributed by atoms with Gasteiger partial charge in [-0.2, -0.15) is 0 Å². The summed E-state index contributed by atoms with van der Waals surface area (Å²) in [4.78, 5) is 0. The fourth-order valence-electron chi connectivity index (χ4n) is 2.58. The first-order chi connectivity index (χ1) is 8.78. The van der Waals surface area contributed by atoms with Gasteiger partial charge >= 0.3 is 0 Å². The third-order valence-corrected chi connectivity index (χ3v) is 4.88. The van der Waals surface area contributed by atoms with Crippen molar-refractivity contribution in [1.29, 1.82) is 0 Å². The normalized spacial score (nSPS) is 12.3. The van der Waals surface area contributed by atoms with Gasteiger partial charge in [-0.05, 0) is 52.2 Å². The fourth-order valence-corrected chi connectivity index (χ4v) is 3.67. The summed E-state index contributed by atoms with van der Waals surface area (Å²) >= 11 is 0. The molecule has 0 radical (unpaired) electrons. The minimum Gasteiger partial charge on any atom is -0.346 e. The van der Waals surface area contributed by atoms with Crippen molar-refractivity contribution in [3.8, 4) is 0 Å². The van der Waals surface area contributed by atoms with Gasteiger partial charge in [0, 0.05) is 24.0 Å². The van der Waals surface area contributed by atoms with Crippen LogP contribution in [0.1, 0.15) is 50.2 Å². The molecule has 0 aliphatic heterocycles. The number of sulfonamides is 1. The lowest BCUT2D eigenvalue weighted by molar-refractivity contribution is 0.570. The molecule has 0 bridgehead atoms. The summed E-state index contributed by atoms with van der Waals surface area (Å²) in [6.07, 6.45) is 1.40. The van der Waals surface area contributed by atoms with E-state index in [9.17, 15) is 8.42 Å². The average Bonchev–Trinajstić information content (AvgIpc) is 2.53. The molecule has 0 aliphatic carbocycles. The van der Waals surface area contributed by atoms with E-state index >= 15 is 0 Å². The SMILES string of the molecule is CCCS(=O)(=O)NCCc1cc(C)n(C(C)C)c1C. The molecule has 1 aromatic rings. The fraction of sp³-hybridized carbons (Fsp3) is 0.714. The zero-order chi connectivity index (χ0) is 14.6. The number of aromatic nitrogens is 1. The van der Waals surface area contributed by atoms with Crippen LogP contribution in [0.2, 0.25) is 0 Å². The van der Waals surface area contributed by atoms with Gasteiger partial charge in [-0.15, -0.1) is 0 Å². The van der Waals surface area contributed by atoms with Gasteiger partial charge in [0.2, 0.25) is 10.0 Å². The van der Waals surface area contributed by atoms with Gasteiger partial charge in [-0.25, -0.2) is 13.1 Å². The highest BCUT2D eigenvalue weighted by Crippen LogP contribution is 2.20. The van der Waals surface area contributed by atoms with E-state index in [2.05, 4.69) is 43.1 Å². The van der Waals surface area contributed by atoms with Gasteiger partial charge in [-0.3, -0.25) is 0 Å². The van der Waals surface area contributed by atoms with Crippen molar-refractivity contribution in [2.24, 2.45) is 0 Å². The van der Waals surface area contributed by atoms with Crippen LogP contribution in [-0.2, 0) is 16.4 Å². The van der Waals surface area contributed by atoms with Crippen LogP contribution in [0.25, 0.3) is 0 Å². The molecular formula is C14H26N2O2S. The molecule has 0 amide bonds. The van der Waals surface area contributed by atoms with Crippen LogP contribution >= 0.6 is 0 Å². The molecule has 0 unspecified atom stereocenters. The van der Waals surface area contributed by atoms with Crippen LogP contribution in [0.5, 0.6) is 0 Å². The zero-order valence-corrected chi connectivity index (χ0v) is 13.5. The molecule has 1 rings (SSSR count). The Bertz CT molecular complexity index is 516. The van der Waals surface area contributed by atoms with Gasteiger partial charge in [0.25, 0.3) is 0 Å². The van der Waals surface area contributed by atoms with Gasteiger partial charge in [-0.1, -0.05) is 6.92 Å². The lowest BCUT2D eigenvalue weighted by Gasteiger charge is -2.14. The van der Waals surface area contributed by atoms with Gasteiger partial charge in [0.05, 0.1) is 5.75 Å². The second kappa shape index (κ2) is 6.57. The van der Waals surface area contributed by atoms with Crippen molar-refractivity contribution in [1.82, 2.24) is 9.29 Å². The summed E-state index contributed by atoms with van der Waals surface area (Å²) in [5, 5.41) is 0. The first-order valence-corrected chi connectivity index (χ1v) is 8.58. The lowest BCUT2D eigenvalue weighted by Crippen LogP contribution is -2.28. The number of hydrogen-bond acceptors (Lipinski definition) is 2. The molecule has 0 fully saturated rings. The summed E-state index contributed by atoms with van der Waals surface area (Å²) < 4.78 is 28.1. The van der Waals surface area contributed by atoms with Crippen LogP contribution in [0.15, 0.2) is 6.07 Å². The van der Waals surface area contributed by atoms with Gasteiger partial charge in [0.1, 0.15) is 0 Å². The quantitative estimate of drug-likeness (QED) is 0.837. The Morgan fingerprint density at radius 2 is 1.95 bits per heavy atom. The Labute approximate surface area is 117 Å². The molecule has 19 heavy (non-hydrogen) atoms. The summed E-state index contributed by atoms with van der Waals surface area (Å²) in [6, 6.07) is 2.59. The topological polar surface area (TPSA) is 51.1 Å². The predicted octanol–water partition coefficient (Wildman–Crippen LogP) is 2.56. The van der Waals surface area contributed by atoms with E-state index in [1.807, 2.05) is 6.92 Å². The standard InChI is InChI=1S/C14H26N2O2S/c1-6-9-19(17,18)15-8-7-14-10-12(4)16(11(2)3)13(14)5/h10-11,15H,6-9H2,1-5H3. The molecular weight excluding hydrogens is 260 g/mol. The molecule has 0 aromatic carbocycles. The molecule has 0 saturated carbocycles. The van der Waals surface area contributed by atoms with E-state index in [1.165, 1.54) is 17.0 Å². The van der Waals surface area contributed by atoms with E-state index in [0.717, 1.165) is 6.42 Å². The predicted molar refractivity (Wildman–Crippen MR) is 80.1 cm³/mol. The number of nitrogens with zero attached hydrogens (tertiary/aromatic N) is 1. The Balaban J connectivity index is 2.67. The summed E-state index contributed by atoms with van der Waals surface area (Å²) in [5.41, 5.74) is 3.70. The molecule has 4 nitrogen and oxygen atoms in total. The minimum atomic E-state index is -3.09. The lowest BCUT2D eigenvalue weighted by atomic mass is 10.2. The van der Waals surface area contributed by atoms with E-state index in [0.29, 0.717) is 19.0 Å².